The SMILES string of the molecule is Cc1ccccc1N=C(Nc1cc(Cl)cc(Cl)c1)c1ccccc1. The van der Waals surface area contributed by atoms with E-state index in [0.29, 0.717) is 10.0 Å². The van der Waals surface area contributed by atoms with Gasteiger partial charge in [0.2, 0.25) is 0 Å². The van der Waals surface area contributed by atoms with Gasteiger partial charge < -0.3 is 5.32 Å². The topological polar surface area (TPSA) is 24.4 Å². The highest BCUT2D eigenvalue weighted by Crippen LogP contribution is 2.24. The summed E-state index contributed by atoms with van der Waals surface area (Å²) in [5.74, 6) is 0.739. The van der Waals surface area contributed by atoms with E-state index in [1.54, 1.807) is 6.07 Å². The molecule has 0 radical (unpaired) electrons. The van der Waals surface area contributed by atoms with Gasteiger partial charge in [0, 0.05) is 21.3 Å². The lowest BCUT2D eigenvalue weighted by molar-refractivity contribution is 1.38. The number of halogens is 2. The Bertz CT molecular complexity index is 854. The Morgan fingerprint density at radius 1 is 0.833 bits per heavy atom. The van der Waals surface area contributed by atoms with Gasteiger partial charge in [0.05, 0.1) is 5.69 Å². The minimum atomic E-state index is 0.577. The van der Waals surface area contributed by atoms with E-state index in [1.165, 1.54) is 0 Å². The van der Waals surface area contributed by atoms with Crippen LogP contribution in [-0.2, 0) is 0 Å². The number of hydrogen-bond acceptors (Lipinski definition) is 1. The predicted molar refractivity (Wildman–Crippen MR) is 104 cm³/mol. The minimum Gasteiger partial charge on any atom is -0.340 e. The molecule has 24 heavy (non-hydrogen) atoms. The van der Waals surface area contributed by atoms with E-state index >= 15 is 0 Å². The normalized spacial score (nSPS) is 11.4. The minimum absolute atomic E-state index is 0.577. The summed E-state index contributed by atoms with van der Waals surface area (Å²) in [4.78, 5) is 4.80. The van der Waals surface area contributed by atoms with Gasteiger partial charge in [-0.3, -0.25) is 0 Å². The first-order valence-electron chi connectivity index (χ1n) is 7.55. The molecular weight excluding hydrogens is 339 g/mol. The zero-order valence-electron chi connectivity index (χ0n) is 13.1. The number of hydrogen-bond donors (Lipinski definition) is 1. The summed E-state index contributed by atoms with van der Waals surface area (Å²) in [5.41, 5.74) is 3.80. The van der Waals surface area contributed by atoms with Crippen LogP contribution < -0.4 is 5.32 Å². The molecule has 0 unspecified atom stereocenters. The smallest absolute Gasteiger partial charge is 0.138 e. The van der Waals surface area contributed by atoms with Crippen molar-refractivity contribution in [1.82, 2.24) is 0 Å². The maximum Gasteiger partial charge on any atom is 0.138 e. The Labute approximate surface area is 151 Å². The van der Waals surface area contributed by atoms with E-state index in [2.05, 4.69) is 5.32 Å². The zero-order chi connectivity index (χ0) is 16.9. The molecule has 0 saturated heterocycles. The quantitative estimate of drug-likeness (QED) is 0.421. The Morgan fingerprint density at radius 3 is 2.12 bits per heavy atom. The average molecular weight is 355 g/mol. The second-order valence-electron chi connectivity index (χ2n) is 5.40. The lowest BCUT2D eigenvalue weighted by Gasteiger charge is -2.12. The molecule has 0 fully saturated rings. The summed E-state index contributed by atoms with van der Waals surface area (Å²) in [6, 6.07) is 23.3. The van der Waals surface area contributed by atoms with Crippen molar-refractivity contribution in [1.29, 1.82) is 0 Å². The van der Waals surface area contributed by atoms with E-state index in [4.69, 9.17) is 28.2 Å². The maximum absolute atomic E-state index is 6.10. The van der Waals surface area contributed by atoms with E-state index < -0.39 is 0 Å². The van der Waals surface area contributed by atoms with Crippen molar-refractivity contribution in [3.8, 4) is 0 Å². The van der Waals surface area contributed by atoms with Crippen molar-refractivity contribution in [2.24, 2.45) is 4.99 Å². The number of aryl methyl sites for hydroxylation is 1. The van der Waals surface area contributed by atoms with Crippen molar-refractivity contribution in [3.63, 3.8) is 0 Å². The van der Waals surface area contributed by atoms with Crippen molar-refractivity contribution < 1.29 is 0 Å². The number of rotatable bonds is 3. The third-order valence-corrected chi connectivity index (χ3v) is 3.96. The molecule has 0 aliphatic carbocycles. The molecule has 1 N–H and O–H groups in total. The summed E-state index contributed by atoms with van der Waals surface area (Å²) in [6.07, 6.45) is 0. The first-order valence-corrected chi connectivity index (χ1v) is 8.30. The Hall–Kier alpha value is -2.29. The average Bonchev–Trinajstić information content (AvgIpc) is 2.56. The Kier molecular flexibility index (Phi) is 5.19. The lowest BCUT2D eigenvalue weighted by Crippen LogP contribution is -2.13. The number of anilines is 1. The van der Waals surface area contributed by atoms with Crippen LogP contribution in [0.4, 0.5) is 11.4 Å². The standard InChI is InChI=1S/C20H16Cl2N2/c1-14-7-5-6-10-19(14)24-20(15-8-3-2-4-9-15)23-18-12-16(21)11-17(22)13-18/h2-13H,1H3,(H,23,24). The molecule has 0 saturated carbocycles. The molecule has 3 rings (SSSR count). The second kappa shape index (κ2) is 7.52. The fourth-order valence-electron chi connectivity index (χ4n) is 2.33. The maximum atomic E-state index is 6.10. The van der Waals surface area contributed by atoms with Crippen molar-refractivity contribution in [2.75, 3.05) is 5.32 Å². The third-order valence-electron chi connectivity index (χ3n) is 3.52. The largest absolute Gasteiger partial charge is 0.340 e. The second-order valence-corrected chi connectivity index (χ2v) is 6.27. The molecule has 0 atom stereocenters. The Balaban J connectivity index is 2.04. The molecule has 0 heterocycles. The van der Waals surface area contributed by atoms with Crippen molar-refractivity contribution in [2.45, 2.75) is 6.92 Å². The van der Waals surface area contributed by atoms with Gasteiger partial charge in [-0.15, -0.1) is 0 Å². The molecular formula is C20H16Cl2N2. The van der Waals surface area contributed by atoms with Gasteiger partial charge in [-0.05, 0) is 36.8 Å². The highest BCUT2D eigenvalue weighted by Gasteiger charge is 2.07. The van der Waals surface area contributed by atoms with Crippen molar-refractivity contribution >= 4 is 40.4 Å². The lowest BCUT2D eigenvalue weighted by atomic mass is 10.1. The van der Waals surface area contributed by atoms with Gasteiger partial charge >= 0.3 is 0 Å². The van der Waals surface area contributed by atoms with E-state index in [0.717, 1.165) is 28.3 Å². The molecule has 3 aromatic carbocycles. The highest BCUT2D eigenvalue weighted by atomic mass is 35.5. The summed E-state index contributed by atoms with van der Waals surface area (Å²) < 4.78 is 0. The number of amidine groups is 1. The van der Waals surface area contributed by atoms with Crippen LogP contribution in [0.25, 0.3) is 0 Å². The molecule has 3 aromatic rings. The first kappa shape index (κ1) is 16.6. The molecule has 4 heteroatoms. The summed E-state index contributed by atoms with van der Waals surface area (Å²) >= 11 is 12.2. The van der Waals surface area contributed by atoms with Gasteiger partial charge in [0.25, 0.3) is 0 Å². The first-order chi connectivity index (χ1) is 11.6. The van der Waals surface area contributed by atoms with Crippen molar-refractivity contribution in [3.05, 3.63) is 94.0 Å². The van der Waals surface area contributed by atoms with Gasteiger partial charge in [-0.1, -0.05) is 71.7 Å². The van der Waals surface area contributed by atoms with Gasteiger partial charge in [0.15, 0.2) is 0 Å². The summed E-state index contributed by atoms with van der Waals surface area (Å²) in [5, 5.41) is 4.49. The van der Waals surface area contributed by atoms with Crippen LogP contribution in [-0.4, -0.2) is 5.84 Å². The zero-order valence-corrected chi connectivity index (χ0v) is 14.6. The molecule has 2 nitrogen and oxygen atoms in total. The Morgan fingerprint density at radius 2 is 1.46 bits per heavy atom. The molecule has 0 aliphatic rings. The van der Waals surface area contributed by atoms with E-state index in [1.807, 2.05) is 73.7 Å². The number of aliphatic imine (C=N–C) groups is 1. The van der Waals surface area contributed by atoms with E-state index in [9.17, 15) is 0 Å². The van der Waals surface area contributed by atoms with Crippen LogP contribution >= 0.6 is 23.2 Å². The van der Waals surface area contributed by atoms with Gasteiger partial charge in [-0.25, -0.2) is 4.99 Å². The van der Waals surface area contributed by atoms with Crippen LogP contribution in [0.2, 0.25) is 10.0 Å². The molecule has 0 amide bonds. The number of nitrogens with zero attached hydrogens (tertiary/aromatic N) is 1. The molecule has 0 aromatic heterocycles. The fraction of sp³-hybridized carbons (Fsp3) is 0.0500. The molecule has 0 spiro atoms. The monoisotopic (exact) mass is 354 g/mol. The summed E-state index contributed by atoms with van der Waals surface area (Å²) in [7, 11) is 0. The number of nitrogens with one attached hydrogen (secondary N) is 1. The fourth-order valence-corrected chi connectivity index (χ4v) is 2.86. The summed E-state index contributed by atoms with van der Waals surface area (Å²) in [6.45, 7) is 2.04. The van der Waals surface area contributed by atoms with E-state index in [-0.39, 0.29) is 0 Å². The highest BCUT2D eigenvalue weighted by molar-refractivity contribution is 6.35. The molecule has 120 valence electrons. The van der Waals surface area contributed by atoms with Crippen LogP contribution in [0.15, 0.2) is 77.8 Å². The van der Waals surface area contributed by atoms with Crippen LogP contribution in [0, 0.1) is 6.92 Å². The molecule has 0 aliphatic heterocycles. The van der Waals surface area contributed by atoms with Crippen LogP contribution in [0.3, 0.4) is 0 Å². The van der Waals surface area contributed by atoms with Crippen LogP contribution in [0.5, 0.6) is 0 Å². The number of para-hydroxylation sites is 1. The number of benzene rings is 3. The predicted octanol–water partition coefficient (Wildman–Crippen LogP) is 6.49. The van der Waals surface area contributed by atoms with Gasteiger partial charge in [-0.2, -0.15) is 0 Å². The van der Waals surface area contributed by atoms with Crippen LogP contribution in [0.1, 0.15) is 11.1 Å². The van der Waals surface area contributed by atoms with Gasteiger partial charge in [0.1, 0.15) is 5.84 Å². The molecule has 0 bridgehead atoms. The third kappa shape index (κ3) is 4.16.